The predicted octanol–water partition coefficient (Wildman–Crippen LogP) is 3.07. The second-order valence-electron chi connectivity index (χ2n) is 7.83. The van der Waals surface area contributed by atoms with Crippen LogP contribution in [0.4, 0.5) is 0 Å². The van der Waals surface area contributed by atoms with Gasteiger partial charge < -0.3 is 19.9 Å². The Hall–Kier alpha value is -3.52. The fraction of sp³-hybridized carbons (Fsp3) is 0.360. The second-order valence-corrected chi connectivity index (χ2v) is 7.83. The number of carbonyl (C=O) groups excluding carboxylic acids is 1. The smallest absolute Gasteiger partial charge is 0.224 e. The van der Waals surface area contributed by atoms with Gasteiger partial charge in [0.2, 0.25) is 12.3 Å². The molecular weight excluding hydrogens is 420 g/mol. The summed E-state index contributed by atoms with van der Waals surface area (Å²) in [6.07, 6.45) is 5.26. The van der Waals surface area contributed by atoms with E-state index >= 15 is 0 Å². The van der Waals surface area contributed by atoms with E-state index in [1.54, 1.807) is 13.3 Å². The molecule has 8 heteroatoms. The second kappa shape index (κ2) is 11.9. The summed E-state index contributed by atoms with van der Waals surface area (Å²) in [7, 11) is 1.65. The van der Waals surface area contributed by atoms with E-state index in [2.05, 4.69) is 51.5 Å². The molecule has 3 aromatic rings. The van der Waals surface area contributed by atoms with Crippen molar-refractivity contribution in [1.29, 1.82) is 0 Å². The fourth-order valence-electron chi connectivity index (χ4n) is 3.33. The van der Waals surface area contributed by atoms with E-state index in [1.165, 1.54) is 5.56 Å². The Bertz CT molecular complexity index is 1030. The van der Waals surface area contributed by atoms with Crippen molar-refractivity contribution in [3.8, 4) is 22.8 Å². The van der Waals surface area contributed by atoms with Crippen molar-refractivity contribution in [1.82, 2.24) is 20.3 Å². The third-order valence-corrected chi connectivity index (χ3v) is 5.31. The molecular formula is C25H30N4O4. The van der Waals surface area contributed by atoms with Crippen LogP contribution in [-0.4, -0.2) is 53.3 Å². The lowest BCUT2D eigenvalue weighted by Gasteiger charge is -2.11. The lowest BCUT2D eigenvalue weighted by molar-refractivity contribution is -0.109. The standard InChI is InChI=1S/C22H23N3O2.C3H7NO2/c1-14-4-6-16(7-5-14)20-12-23-15(2)25-22(20)27-13-17-10-19(17)21-9-8-18(26-3)11-24-21;5-2-1-4-3-6/h4-9,11-12,17,19H,10,13H2,1-3H3;3,5H,1-2H2,(H,4,6)/t17?,19-;/m0./s1. The van der Waals surface area contributed by atoms with E-state index in [4.69, 9.17) is 14.6 Å². The van der Waals surface area contributed by atoms with Crippen LogP contribution in [0, 0.1) is 19.8 Å². The normalized spacial score (nSPS) is 16.2. The van der Waals surface area contributed by atoms with Gasteiger partial charge in [-0.25, -0.2) is 4.98 Å². The number of aliphatic hydroxyl groups excluding tert-OH is 1. The Morgan fingerprint density at radius 2 is 1.91 bits per heavy atom. The first-order valence-corrected chi connectivity index (χ1v) is 10.9. The largest absolute Gasteiger partial charge is 0.495 e. The SMILES string of the molecule is COc1ccc([C@H]2CC2COc2nc(C)ncc2-c2ccc(C)cc2)nc1.O=CNCCO. The number of carbonyl (C=O) groups is 1. The van der Waals surface area contributed by atoms with Crippen molar-refractivity contribution < 1.29 is 19.4 Å². The van der Waals surface area contributed by atoms with Gasteiger partial charge in [0.1, 0.15) is 11.6 Å². The van der Waals surface area contributed by atoms with Gasteiger partial charge in [0.15, 0.2) is 0 Å². The van der Waals surface area contributed by atoms with Crippen LogP contribution in [0.3, 0.4) is 0 Å². The maximum absolute atomic E-state index is 9.34. The van der Waals surface area contributed by atoms with Crippen molar-refractivity contribution in [2.24, 2.45) is 5.92 Å². The van der Waals surface area contributed by atoms with Crippen molar-refractivity contribution in [3.05, 3.63) is 65.9 Å². The van der Waals surface area contributed by atoms with Crippen molar-refractivity contribution >= 4 is 6.41 Å². The number of aryl methyl sites for hydroxylation is 2. The van der Waals surface area contributed by atoms with Crippen LogP contribution in [0.1, 0.15) is 29.4 Å². The molecule has 2 N–H and O–H groups in total. The summed E-state index contributed by atoms with van der Waals surface area (Å²) in [4.78, 5) is 22.7. The highest BCUT2D eigenvalue weighted by Crippen LogP contribution is 2.47. The molecule has 4 rings (SSSR count). The molecule has 1 fully saturated rings. The highest BCUT2D eigenvalue weighted by molar-refractivity contribution is 5.67. The molecule has 2 heterocycles. The number of ether oxygens (including phenoxy) is 2. The summed E-state index contributed by atoms with van der Waals surface area (Å²) in [5, 5.41) is 10.2. The molecule has 0 bridgehead atoms. The third kappa shape index (κ3) is 6.98. The van der Waals surface area contributed by atoms with E-state index in [1.807, 2.05) is 25.3 Å². The highest BCUT2D eigenvalue weighted by atomic mass is 16.5. The monoisotopic (exact) mass is 450 g/mol. The molecule has 0 aliphatic heterocycles. The summed E-state index contributed by atoms with van der Waals surface area (Å²) in [5.74, 6) is 3.06. The average Bonchev–Trinajstić information content (AvgIpc) is 3.62. The van der Waals surface area contributed by atoms with Crippen LogP contribution in [-0.2, 0) is 4.79 Å². The quantitative estimate of drug-likeness (QED) is 0.381. The van der Waals surface area contributed by atoms with Gasteiger partial charge in [-0.1, -0.05) is 29.8 Å². The van der Waals surface area contributed by atoms with Crippen LogP contribution < -0.4 is 14.8 Å². The maximum atomic E-state index is 9.34. The number of aromatic nitrogens is 3. The molecule has 8 nitrogen and oxygen atoms in total. The first-order chi connectivity index (χ1) is 16.0. The molecule has 0 radical (unpaired) electrons. The molecule has 0 spiro atoms. The zero-order valence-electron chi connectivity index (χ0n) is 19.2. The van der Waals surface area contributed by atoms with Gasteiger partial charge in [-0.3, -0.25) is 9.78 Å². The number of pyridine rings is 1. The summed E-state index contributed by atoms with van der Waals surface area (Å²) in [6.45, 7) is 4.95. The summed E-state index contributed by atoms with van der Waals surface area (Å²) >= 11 is 0. The molecule has 1 amide bonds. The van der Waals surface area contributed by atoms with E-state index < -0.39 is 0 Å². The molecule has 33 heavy (non-hydrogen) atoms. The zero-order valence-corrected chi connectivity index (χ0v) is 19.2. The molecule has 0 saturated heterocycles. The lowest BCUT2D eigenvalue weighted by atomic mass is 10.1. The van der Waals surface area contributed by atoms with Gasteiger partial charge in [-0.2, -0.15) is 4.98 Å². The van der Waals surface area contributed by atoms with Crippen molar-refractivity contribution in [2.75, 3.05) is 26.9 Å². The molecule has 1 aliphatic rings. The zero-order chi connectivity index (χ0) is 23.6. The van der Waals surface area contributed by atoms with Gasteiger partial charge >= 0.3 is 0 Å². The summed E-state index contributed by atoms with van der Waals surface area (Å²) < 4.78 is 11.3. The van der Waals surface area contributed by atoms with Crippen LogP contribution in [0.2, 0.25) is 0 Å². The van der Waals surface area contributed by atoms with Crippen molar-refractivity contribution in [3.63, 3.8) is 0 Å². The predicted molar refractivity (Wildman–Crippen MR) is 125 cm³/mol. The third-order valence-electron chi connectivity index (χ3n) is 5.31. The molecule has 1 aliphatic carbocycles. The van der Waals surface area contributed by atoms with E-state index in [0.717, 1.165) is 29.0 Å². The molecule has 2 aromatic heterocycles. The topological polar surface area (TPSA) is 106 Å². The Labute approximate surface area is 194 Å². The number of hydrogen-bond acceptors (Lipinski definition) is 7. The number of aliphatic hydroxyl groups is 1. The minimum atomic E-state index is 0.0126. The van der Waals surface area contributed by atoms with Gasteiger partial charge in [0.25, 0.3) is 0 Å². The first-order valence-electron chi connectivity index (χ1n) is 10.9. The Balaban J connectivity index is 0.000000454. The molecule has 1 saturated carbocycles. The van der Waals surface area contributed by atoms with Crippen LogP contribution in [0.15, 0.2) is 48.8 Å². The number of nitrogens with zero attached hydrogens (tertiary/aromatic N) is 3. The Kier molecular flexibility index (Phi) is 8.71. The number of hydrogen-bond donors (Lipinski definition) is 2. The number of amides is 1. The van der Waals surface area contributed by atoms with Gasteiger partial charge in [-0.05, 0) is 38.0 Å². The molecule has 1 aromatic carbocycles. The maximum Gasteiger partial charge on any atom is 0.224 e. The minimum Gasteiger partial charge on any atom is -0.495 e. The fourth-order valence-corrected chi connectivity index (χ4v) is 3.33. The van der Waals surface area contributed by atoms with Crippen molar-refractivity contribution in [2.45, 2.75) is 26.2 Å². The van der Waals surface area contributed by atoms with Gasteiger partial charge in [0.05, 0.1) is 32.1 Å². The van der Waals surface area contributed by atoms with Crippen LogP contribution in [0.25, 0.3) is 11.1 Å². The van der Waals surface area contributed by atoms with Gasteiger partial charge in [0, 0.05) is 30.3 Å². The molecule has 174 valence electrons. The van der Waals surface area contributed by atoms with Crippen LogP contribution in [0.5, 0.6) is 11.6 Å². The number of nitrogens with one attached hydrogen (secondary N) is 1. The number of methoxy groups -OCH3 is 1. The van der Waals surface area contributed by atoms with E-state index in [9.17, 15) is 4.79 Å². The first kappa shape index (κ1) is 24.1. The Morgan fingerprint density at radius 1 is 1.12 bits per heavy atom. The number of benzene rings is 1. The number of rotatable bonds is 9. The summed E-state index contributed by atoms with van der Waals surface area (Å²) in [5.41, 5.74) is 4.32. The van der Waals surface area contributed by atoms with E-state index in [-0.39, 0.29) is 6.61 Å². The molecule has 1 unspecified atom stereocenters. The highest BCUT2D eigenvalue weighted by Gasteiger charge is 2.40. The lowest BCUT2D eigenvalue weighted by Crippen LogP contribution is -2.14. The average molecular weight is 451 g/mol. The molecule has 2 atom stereocenters. The Morgan fingerprint density at radius 3 is 2.52 bits per heavy atom. The van der Waals surface area contributed by atoms with Gasteiger partial charge in [-0.15, -0.1) is 0 Å². The summed E-state index contributed by atoms with van der Waals surface area (Å²) in [6, 6.07) is 12.3. The minimum absolute atomic E-state index is 0.0126. The van der Waals surface area contributed by atoms with E-state index in [0.29, 0.717) is 43.1 Å². The van der Waals surface area contributed by atoms with Crippen LogP contribution >= 0.6 is 0 Å².